The van der Waals surface area contributed by atoms with Crippen LogP contribution in [0.5, 0.6) is 0 Å². The summed E-state index contributed by atoms with van der Waals surface area (Å²) in [6, 6.07) is 11.3. The Morgan fingerprint density at radius 1 is 1.19 bits per heavy atom. The molecule has 1 aliphatic rings. The van der Waals surface area contributed by atoms with Crippen molar-refractivity contribution in [3.05, 3.63) is 59.9 Å². The van der Waals surface area contributed by atoms with E-state index in [0.29, 0.717) is 18.7 Å². The first-order valence-corrected chi connectivity index (χ1v) is 9.92. The van der Waals surface area contributed by atoms with Gasteiger partial charge in [0.25, 0.3) is 5.91 Å². The Hall–Kier alpha value is -2.29. The normalized spacial score (nSPS) is 17.2. The molecule has 1 atom stereocenters. The number of pyridine rings is 1. The van der Waals surface area contributed by atoms with Crippen LogP contribution in [0.2, 0.25) is 0 Å². The molecule has 0 radical (unpaired) electrons. The summed E-state index contributed by atoms with van der Waals surface area (Å²) in [7, 11) is -3.62. The van der Waals surface area contributed by atoms with Crippen molar-refractivity contribution in [2.24, 2.45) is 0 Å². The Morgan fingerprint density at radius 3 is 2.65 bits per heavy atom. The molecular weight excluding hydrogens is 354 g/mol. The average Bonchev–Trinajstić information content (AvgIpc) is 3.19. The Morgan fingerprint density at radius 2 is 2.00 bits per heavy atom. The highest BCUT2D eigenvalue weighted by Gasteiger charge is 2.20. The van der Waals surface area contributed by atoms with E-state index in [0.717, 1.165) is 18.5 Å². The minimum Gasteiger partial charge on any atom is -0.377 e. The molecule has 1 fully saturated rings. The van der Waals surface area contributed by atoms with Crippen molar-refractivity contribution >= 4 is 15.9 Å². The molecule has 2 aromatic rings. The second-order valence-electron chi connectivity index (χ2n) is 6.02. The van der Waals surface area contributed by atoms with Crippen LogP contribution in [0.15, 0.2) is 53.6 Å². The molecule has 0 saturated carbocycles. The van der Waals surface area contributed by atoms with Gasteiger partial charge in [-0.25, -0.2) is 13.1 Å². The van der Waals surface area contributed by atoms with Gasteiger partial charge < -0.3 is 10.1 Å². The third-order valence-electron chi connectivity index (χ3n) is 4.11. The van der Waals surface area contributed by atoms with Crippen LogP contribution in [0.25, 0.3) is 0 Å². The Kier molecular flexibility index (Phi) is 5.97. The van der Waals surface area contributed by atoms with Gasteiger partial charge in [-0.05, 0) is 49.2 Å². The van der Waals surface area contributed by atoms with Crippen LogP contribution in [0.3, 0.4) is 0 Å². The Labute approximate surface area is 152 Å². The maximum atomic E-state index is 12.3. The highest BCUT2D eigenvalue weighted by Crippen LogP contribution is 2.14. The van der Waals surface area contributed by atoms with Gasteiger partial charge in [0.2, 0.25) is 10.0 Å². The van der Waals surface area contributed by atoms with E-state index in [1.807, 2.05) is 12.1 Å². The van der Waals surface area contributed by atoms with E-state index < -0.39 is 10.0 Å². The van der Waals surface area contributed by atoms with Gasteiger partial charge >= 0.3 is 0 Å². The van der Waals surface area contributed by atoms with Gasteiger partial charge in [0, 0.05) is 24.9 Å². The molecule has 1 saturated heterocycles. The van der Waals surface area contributed by atoms with Crippen molar-refractivity contribution in [3.63, 3.8) is 0 Å². The summed E-state index contributed by atoms with van der Waals surface area (Å²) in [6.07, 6.45) is 3.40. The van der Waals surface area contributed by atoms with Crippen molar-refractivity contribution in [3.8, 4) is 0 Å². The van der Waals surface area contributed by atoms with E-state index in [1.165, 1.54) is 24.3 Å². The van der Waals surface area contributed by atoms with Gasteiger partial charge in [-0.2, -0.15) is 0 Å². The number of nitrogens with one attached hydrogen (secondary N) is 2. The fourth-order valence-corrected chi connectivity index (χ4v) is 3.72. The fraction of sp³-hybridized carbons (Fsp3) is 0.333. The smallest absolute Gasteiger partial charge is 0.251 e. The molecule has 1 aromatic heterocycles. The molecule has 26 heavy (non-hydrogen) atoms. The third kappa shape index (κ3) is 4.87. The second kappa shape index (κ2) is 8.39. The van der Waals surface area contributed by atoms with Crippen LogP contribution in [0.1, 0.15) is 28.9 Å². The van der Waals surface area contributed by atoms with Gasteiger partial charge in [-0.1, -0.05) is 6.07 Å². The number of hydrogen-bond donors (Lipinski definition) is 2. The van der Waals surface area contributed by atoms with E-state index >= 15 is 0 Å². The molecule has 1 aliphatic heterocycles. The fourth-order valence-electron chi connectivity index (χ4n) is 2.65. The number of carbonyl (C=O) groups is 1. The second-order valence-corrected chi connectivity index (χ2v) is 7.78. The van der Waals surface area contributed by atoms with E-state index in [4.69, 9.17) is 4.74 Å². The lowest BCUT2D eigenvalue weighted by molar-refractivity contribution is 0.0950. The van der Waals surface area contributed by atoms with Gasteiger partial charge in [0.1, 0.15) is 0 Å². The number of hydrogen-bond acceptors (Lipinski definition) is 5. The molecule has 0 bridgehead atoms. The molecule has 1 unspecified atom stereocenters. The zero-order chi connectivity index (χ0) is 18.4. The van der Waals surface area contributed by atoms with Crippen LogP contribution >= 0.6 is 0 Å². The molecular formula is C18H21N3O4S. The first kappa shape index (κ1) is 18.5. The highest BCUT2D eigenvalue weighted by molar-refractivity contribution is 7.89. The van der Waals surface area contributed by atoms with Crippen molar-refractivity contribution < 1.29 is 17.9 Å². The van der Waals surface area contributed by atoms with Crippen LogP contribution in [-0.2, 0) is 21.3 Å². The Balaban J connectivity index is 1.57. The predicted molar refractivity (Wildman–Crippen MR) is 96.0 cm³/mol. The number of rotatable bonds is 7. The summed E-state index contributed by atoms with van der Waals surface area (Å²) in [5.41, 5.74) is 1.14. The number of ether oxygens (including phenoxy) is 1. The highest BCUT2D eigenvalue weighted by atomic mass is 32.2. The summed E-state index contributed by atoms with van der Waals surface area (Å²) >= 11 is 0. The van der Waals surface area contributed by atoms with E-state index in [1.54, 1.807) is 12.3 Å². The zero-order valence-electron chi connectivity index (χ0n) is 14.2. The van der Waals surface area contributed by atoms with Crippen molar-refractivity contribution in [1.82, 2.24) is 15.0 Å². The first-order valence-electron chi connectivity index (χ1n) is 8.44. The molecule has 0 aliphatic carbocycles. The lowest BCUT2D eigenvalue weighted by atomic mass is 10.2. The van der Waals surface area contributed by atoms with Crippen LogP contribution < -0.4 is 10.0 Å². The number of sulfonamides is 1. The lowest BCUT2D eigenvalue weighted by Gasteiger charge is -2.11. The number of benzene rings is 1. The lowest BCUT2D eigenvalue weighted by Crippen LogP contribution is -2.31. The predicted octanol–water partition coefficient (Wildman–Crippen LogP) is 1.47. The monoisotopic (exact) mass is 375 g/mol. The van der Waals surface area contributed by atoms with Crippen LogP contribution in [0, 0.1) is 0 Å². The van der Waals surface area contributed by atoms with Crippen LogP contribution in [0.4, 0.5) is 0 Å². The van der Waals surface area contributed by atoms with E-state index in [-0.39, 0.29) is 23.5 Å². The van der Waals surface area contributed by atoms with Gasteiger partial charge in [-0.15, -0.1) is 0 Å². The number of amides is 1. The molecule has 2 heterocycles. The third-order valence-corrected chi connectivity index (χ3v) is 5.55. The van der Waals surface area contributed by atoms with Crippen molar-refractivity contribution in [2.45, 2.75) is 30.4 Å². The first-order chi connectivity index (χ1) is 12.5. The molecule has 3 rings (SSSR count). The van der Waals surface area contributed by atoms with Crippen molar-refractivity contribution in [2.75, 3.05) is 13.2 Å². The van der Waals surface area contributed by atoms with Gasteiger partial charge in [0.05, 0.1) is 23.2 Å². The maximum absolute atomic E-state index is 12.3. The van der Waals surface area contributed by atoms with Crippen LogP contribution in [-0.4, -0.2) is 38.6 Å². The minimum absolute atomic E-state index is 0.0681. The molecule has 8 heteroatoms. The van der Waals surface area contributed by atoms with Gasteiger partial charge in [-0.3, -0.25) is 9.78 Å². The van der Waals surface area contributed by atoms with Gasteiger partial charge in [0.15, 0.2) is 0 Å². The topological polar surface area (TPSA) is 97.4 Å². The van der Waals surface area contributed by atoms with E-state index in [2.05, 4.69) is 15.0 Å². The molecule has 0 spiro atoms. The minimum atomic E-state index is -3.62. The number of nitrogens with zero attached hydrogens (tertiary/aromatic N) is 1. The average molecular weight is 375 g/mol. The maximum Gasteiger partial charge on any atom is 0.251 e. The number of aromatic nitrogens is 1. The standard InChI is InChI=1S/C18H21N3O4S/c22-18(20-12-15-4-1-2-10-19-15)14-6-8-17(9-7-14)26(23,24)21-13-16-5-3-11-25-16/h1-2,4,6-10,16,21H,3,5,11-13H2,(H,20,22). The summed E-state index contributed by atoms with van der Waals surface area (Å²) in [5, 5.41) is 2.75. The number of carbonyl (C=O) groups excluding carboxylic acids is 1. The molecule has 1 aromatic carbocycles. The summed E-state index contributed by atoms with van der Waals surface area (Å²) in [5.74, 6) is -0.285. The summed E-state index contributed by atoms with van der Waals surface area (Å²) < 4.78 is 32.6. The van der Waals surface area contributed by atoms with Crippen molar-refractivity contribution in [1.29, 1.82) is 0 Å². The summed E-state index contributed by atoms with van der Waals surface area (Å²) in [4.78, 5) is 16.4. The molecule has 2 N–H and O–H groups in total. The molecule has 7 nitrogen and oxygen atoms in total. The Bertz CT molecular complexity index is 832. The largest absolute Gasteiger partial charge is 0.377 e. The molecule has 1 amide bonds. The SMILES string of the molecule is O=C(NCc1ccccn1)c1ccc(S(=O)(=O)NCC2CCCO2)cc1. The quantitative estimate of drug-likeness (QED) is 0.764. The van der Waals surface area contributed by atoms with E-state index in [9.17, 15) is 13.2 Å². The molecule has 138 valence electrons. The summed E-state index contributed by atoms with van der Waals surface area (Å²) in [6.45, 7) is 1.24. The zero-order valence-corrected chi connectivity index (χ0v) is 15.0.